The first-order valence-electron chi connectivity index (χ1n) is 8.23. The van der Waals surface area contributed by atoms with Gasteiger partial charge in [-0.3, -0.25) is 0 Å². The normalized spacial score (nSPS) is 30.9. The summed E-state index contributed by atoms with van der Waals surface area (Å²) >= 11 is 0. The zero-order chi connectivity index (χ0) is 14.4. The minimum absolute atomic E-state index is 0.321. The van der Waals surface area contributed by atoms with Gasteiger partial charge in [-0.1, -0.05) is 0 Å². The molecule has 110 valence electrons. The summed E-state index contributed by atoms with van der Waals surface area (Å²) in [5, 5.41) is 9.55. The highest BCUT2D eigenvalue weighted by molar-refractivity contribution is 5.59. The van der Waals surface area contributed by atoms with E-state index in [2.05, 4.69) is 17.0 Å². The molecule has 1 aromatic rings. The average molecular weight is 282 g/mol. The molecule has 2 bridgehead atoms. The van der Waals surface area contributed by atoms with E-state index in [0.717, 1.165) is 37.1 Å². The number of nitrogens with two attached hydrogens (primary N) is 1. The van der Waals surface area contributed by atoms with Crippen molar-refractivity contribution in [2.24, 2.45) is 5.73 Å². The molecule has 0 saturated carbocycles. The highest BCUT2D eigenvalue weighted by Crippen LogP contribution is 2.40. The second-order valence-corrected chi connectivity index (χ2v) is 6.81. The van der Waals surface area contributed by atoms with Crippen LogP contribution in [0.3, 0.4) is 0 Å². The van der Waals surface area contributed by atoms with Crippen molar-refractivity contribution in [3.05, 3.63) is 22.9 Å². The summed E-state index contributed by atoms with van der Waals surface area (Å²) in [4.78, 5) is 7.36. The molecular weight excluding hydrogens is 260 g/mol. The second-order valence-electron chi connectivity index (χ2n) is 6.81. The van der Waals surface area contributed by atoms with Crippen molar-refractivity contribution < 1.29 is 0 Å². The van der Waals surface area contributed by atoms with Crippen LogP contribution in [0.5, 0.6) is 0 Å². The molecule has 21 heavy (non-hydrogen) atoms. The van der Waals surface area contributed by atoms with Crippen molar-refractivity contribution in [2.75, 3.05) is 4.90 Å². The highest BCUT2D eigenvalue weighted by Gasteiger charge is 2.41. The van der Waals surface area contributed by atoms with Crippen molar-refractivity contribution in [1.29, 1.82) is 5.26 Å². The summed E-state index contributed by atoms with van der Waals surface area (Å²) in [7, 11) is 0. The summed E-state index contributed by atoms with van der Waals surface area (Å²) in [5.41, 5.74) is 9.45. The van der Waals surface area contributed by atoms with E-state index in [0.29, 0.717) is 18.1 Å². The fourth-order valence-corrected chi connectivity index (χ4v) is 4.47. The first-order chi connectivity index (χ1) is 10.3. The molecule has 0 radical (unpaired) electrons. The van der Waals surface area contributed by atoms with Gasteiger partial charge in [-0.25, -0.2) is 4.98 Å². The zero-order valence-electron chi connectivity index (χ0n) is 12.4. The number of nitriles is 1. The van der Waals surface area contributed by atoms with Gasteiger partial charge in [-0.05, 0) is 63.0 Å². The number of piperidine rings is 1. The topological polar surface area (TPSA) is 65.9 Å². The minimum atomic E-state index is 0.321. The largest absolute Gasteiger partial charge is 0.349 e. The van der Waals surface area contributed by atoms with E-state index >= 15 is 0 Å². The van der Waals surface area contributed by atoms with Crippen LogP contribution in [-0.2, 0) is 12.8 Å². The number of pyridine rings is 1. The molecule has 4 rings (SSSR count). The van der Waals surface area contributed by atoms with Gasteiger partial charge in [0.25, 0.3) is 0 Å². The van der Waals surface area contributed by atoms with Crippen LogP contribution in [0.1, 0.15) is 55.3 Å². The summed E-state index contributed by atoms with van der Waals surface area (Å²) in [6, 6.07) is 5.78. The van der Waals surface area contributed by atoms with Crippen molar-refractivity contribution in [2.45, 2.75) is 69.5 Å². The van der Waals surface area contributed by atoms with Crippen LogP contribution in [0.4, 0.5) is 5.82 Å². The molecule has 0 aromatic carbocycles. The van der Waals surface area contributed by atoms with E-state index < -0.39 is 0 Å². The first-order valence-corrected chi connectivity index (χ1v) is 8.23. The van der Waals surface area contributed by atoms with E-state index in [1.807, 2.05) is 0 Å². The lowest BCUT2D eigenvalue weighted by atomic mass is 9.93. The number of fused-ring (bicyclic) bond motifs is 3. The molecule has 2 fully saturated rings. The standard InChI is InChI=1S/C17H22N4/c18-10-12-7-11-3-1-2-4-16(11)20-17(12)21-14-5-6-15(21)9-13(19)8-14/h7,13-15H,1-6,8-9,19H2. The Balaban J connectivity index is 1.76. The maximum absolute atomic E-state index is 9.55. The summed E-state index contributed by atoms with van der Waals surface area (Å²) in [6.45, 7) is 0. The molecule has 2 N–H and O–H groups in total. The Hall–Kier alpha value is -1.60. The fourth-order valence-electron chi connectivity index (χ4n) is 4.47. The Morgan fingerprint density at radius 3 is 2.62 bits per heavy atom. The van der Waals surface area contributed by atoms with E-state index in [4.69, 9.17) is 10.7 Å². The Morgan fingerprint density at radius 1 is 1.19 bits per heavy atom. The second kappa shape index (κ2) is 4.99. The Labute approximate surface area is 126 Å². The third kappa shape index (κ3) is 2.11. The van der Waals surface area contributed by atoms with Crippen LogP contribution in [0, 0.1) is 11.3 Å². The van der Waals surface area contributed by atoms with Crippen molar-refractivity contribution in [3.8, 4) is 6.07 Å². The van der Waals surface area contributed by atoms with Crippen LogP contribution in [0.25, 0.3) is 0 Å². The first kappa shape index (κ1) is 13.1. The van der Waals surface area contributed by atoms with Gasteiger partial charge in [0.05, 0.1) is 5.56 Å². The molecule has 4 heteroatoms. The lowest BCUT2D eigenvalue weighted by Crippen LogP contribution is -2.48. The van der Waals surface area contributed by atoms with Gasteiger partial charge in [-0.15, -0.1) is 0 Å². The predicted molar refractivity (Wildman–Crippen MR) is 82.1 cm³/mol. The lowest BCUT2D eigenvalue weighted by Gasteiger charge is -2.39. The van der Waals surface area contributed by atoms with Crippen molar-refractivity contribution >= 4 is 5.82 Å². The number of hydrogen-bond acceptors (Lipinski definition) is 4. The number of nitrogens with zero attached hydrogens (tertiary/aromatic N) is 3. The maximum atomic E-state index is 9.55. The number of anilines is 1. The van der Waals surface area contributed by atoms with E-state index in [-0.39, 0.29) is 0 Å². The lowest BCUT2D eigenvalue weighted by molar-refractivity contribution is 0.411. The SMILES string of the molecule is N#Cc1cc2c(nc1N1C3CCC1CC(N)C3)CCCC2. The molecule has 2 saturated heterocycles. The van der Waals surface area contributed by atoms with Gasteiger partial charge in [0.15, 0.2) is 0 Å². The Bertz CT molecular complexity index is 590. The third-order valence-corrected chi connectivity index (χ3v) is 5.42. The minimum Gasteiger partial charge on any atom is -0.349 e. The van der Waals surface area contributed by atoms with Gasteiger partial charge >= 0.3 is 0 Å². The molecule has 1 aliphatic carbocycles. The van der Waals surface area contributed by atoms with Crippen LogP contribution in [0.2, 0.25) is 0 Å². The molecule has 3 heterocycles. The molecule has 0 amide bonds. The smallest absolute Gasteiger partial charge is 0.147 e. The molecule has 3 aliphatic rings. The molecule has 2 aliphatic heterocycles. The number of hydrogen-bond donors (Lipinski definition) is 1. The summed E-state index contributed by atoms with van der Waals surface area (Å²) in [5.74, 6) is 0.942. The quantitative estimate of drug-likeness (QED) is 0.858. The van der Waals surface area contributed by atoms with Crippen LogP contribution in [-0.4, -0.2) is 23.1 Å². The predicted octanol–water partition coefficient (Wildman–Crippen LogP) is 2.29. The maximum Gasteiger partial charge on any atom is 0.147 e. The number of aryl methyl sites for hydroxylation is 2. The zero-order valence-corrected chi connectivity index (χ0v) is 12.4. The molecule has 4 nitrogen and oxygen atoms in total. The van der Waals surface area contributed by atoms with E-state index in [9.17, 15) is 5.26 Å². The number of aromatic nitrogens is 1. The van der Waals surface area contributed by atoms with Crippen molar-refractivity contribution in [1.82, 2.24) is 4.98 Å². The van der Waals surface area contributed by atoms with Crippen LogP contribution in [0.15, 0.2) is 6.07 Å². The molecular formula is C17H22N4. The van der Waals surface area contributed by atoms with Gasteiger partial charge in [0.1, 0.15) is 11.9 Å². The van der Waals surface area contributed by atoms with E-state index in [1.54, 1.807) is 0 Å². The van der Waals surface area contributed by atoms with Gasteiger partial charge < -0.3 is 10.6 Å². The number of rotatable bonds is 1. The third-order valence-electron chi connectivity index (χ3n) is 5.42. The van der Waals surface area contributed by atoms with Gasteiger partial charge in [-0.2, -0.15) is 5.26 Å². The van der Waals surface area contributed by atoms with Gasteiger partial charge in [0, 0.05) is 23.8 Å². The average Bonchev–Trinajstić information content (AvgIpc) is 2.77. The Morgan fingerprint density at radius 2 is 1.90 bits per heavy atom. The molecule has 1 aromatic heterocycles. The fraction of sp³-hybridized carbons (Fsp3) is 0.647. The van der Waals surface area contributed by atoms with Crippen molar-refractivity contribution in [3.63, 3.8) is 0 Å². The molecule has 0 spiro atoms. The molecule has 2 atom stereocenters. The monoisotopic (exact) mass is 282 g/mol. The summed E-state index contributed by atoms with van der Waals surface area (Å²) < 4.78 is 0. The van der Waals surface area contributed by atoms with Gasteiger partial charge in [0.2, 0.25) is 0 Å². The Kier molecular flexibility index (Phi) is 3.11. The molecule has 2 unspecified atom stereocenters. The van der Waals surface area contributed by atoms with Crippen LogP contribution < -0.4 is 10.6 Å². The van der Waals surface area contributed by atoms with Crippen LogP contribution >= 0.6 is 0 Å². The summed E-state index contributed by atoms with van der Waals surface area (Å²) in [6.07, 6.45) is 9.07. The van der Waals surface area contributed by atoms with E-state index in [1.165, 1.54) is 36.9 Å². The highest BCUT2D eigenvalue weighted by atomic mass is 15.3.